The van der Waals surface area contributed by atoms with Crippen LogP contribution in [0.15, 0.2) is 82.4 Å². The van der Waals surface area contributed by atoms with Gasteiger partial charge in [0, 0.05) is 19.6 Å². The van der Waals surface area contributed by atoms with Crippen LogP contribution in [-0.4, -0.2) is 22.3 Å². The van der Waals surface area contributed by atoms with Gasteiger partial charge in [-0.05, 0) is 60.3 Å². The van der Waals surface area contributed by atoms with E-state index in [1.807, 2.05) is 60.7 Å². The fourth-order valence-electron chi connectivity index (χ4n) is 5.93. The summed E-state index contributed by atoms with van der Waals surface area (Å²) in [4.78, 5) is 30.4. The first kappa shape index (κ1) is 26.4. The summed E-state index contributed by atoms with van der Waals surface area (Å²) in [5.41, 5.74) is 2.13. The monoisotopic (exact) mass is 540 g/mol. The first-order chi connectivity index (χ1) is 19.4. The number of hydrogen-bond acceptors (Lipinski definition) is 4. The molecule has 0 bridgehead atoms. The van der Waals surface area contributed by atoms with Crippen molar-refractivity contribution in [2.45, 2.75) is 52.7 Å². The predicted octanol–water partition coefficient (Wildman–Crippen LogP) is 5.53. The van der Waals surface area contributed by atoms with Crippen LogP contribution in [-0.2, 0) is 19.6 Å². The largest absolute Gasteiger partial charge is 0.369 e. The topological polar surface area (TPSA) is 50.5 Å². The Kier molecular flexibility index (Phi) is 7.22. The molecule has 1 aliphatic carbocycles. The van der Waals surface area contributed by atoms with Crippen LogP contribution < -0.4 is 21.2 Å². The minimum atomic E-state index is -0.481. The van der Waals surface area contributed by atoms with E-state index in [0.29, 0.717) is 48.6 Å². The normalized spacial score (nSPS) is 17.2. The molecule has 0 radical (unpaired) electrons. The van der Waals surface area contributed by atoms with Crippen molar-refractivity contribution in [3.05, 3.63) is 111 Å². The molecule has 7 heteroatoms. The molecule has 1 saturated carbocycles. The molecular formula is C33H37FN4O2. The van der Waals surface area contributed by atoms with E-state index in [4.69, 9.17) is 0 Å². The SMILES string of the molecule is CC(C)[C@H]1CCN(c2cc3c(cc2F)c(=O)n(N(Cc2ccccc2)Cc2ccccc2)c(=O)n3CC2CC2)C1. The van der Waals surface area contributed by atoms with E-state index in [2.05, 4.69) is 18.7 Å². The summed E-state index contributed by atoms with van der Waals surface area (Å²) in [5.74, 6) is 1.01. The van der Waals surface area contributed by atoms with Gasteiger partial charge in [0.05, 0.1) is 29.7 Å². The first-order valence-electron chi connectivity index (χ1n) is 14.5. The minimum absolute atomic E-state index is 0.243. The van der Waals surface area contributed by atoms with Crippen molar-refractivity contribution in [1.29, 1.82) is 0 Å². The molecule has 1 atom stereocenters. The van der Waals surface area contributed by atoms with Crippen LogP contribution in [0.2, 0.25) is 0 Å². The van der Waals surface area contributed by atoms with Gasteiger partial charge in [0.1, 0.15) is 5.82 Å². The van der Waals surface area contributed by atoms with Gasteiger partial charge >= 0.3 is 5.69 Å². The summed E-state index contributed by atoms with van der Waals surface area (Å²) in [6, 6.07) is 22.7. The number of rotatable bonds is 9. The maximum Gasteiger partial charge on any atom is 0.350 e. The third-order valence-corrected chi connectivity index (χ3v) is 8.54. The van der Waals surface area contributed by atoms with E-state index in [0.717, 1.165) is 43.5 Å². The summed E-state index contributed by atoms with van der Waals surface area (Å²) in [6.45, 7) is 7.23. The van der Waals surface area contributed by atoms with Gasteiger partial charge < -0.3 is 4.90 Å². The molecule has 0 amide bonds. The molecule has 0 unspecified atom stereocenters. The number of anilines is 1. The minimum Gasteiger partial charge on any atom is -0.369 e. The van der Waals surface area contributed by atoms with Crippen molar-refractivity contribution >= 4 is 16.6 Å². The predicted molar refractivity (Wildman–Crippen MR) is 159 cm³/mol. The molecule has 2 aliphatic rings. The number of benzene rings is 3. The Balaban J connectivity index is 1.50. The van der Waals surface area contributed by atoms with E-state index >= 15 is 4.39 Å². The third-order valence-electron chi connectivity index (χ3n) is 8.54. The first-order valence-corrected chi connectivity index (χ1v) is 14.5. The quantitative estimate of drug-likeness (QED) is 0.280. The highest BCUT2D eigenvalue weighted by Crippen LogP contribution is 2.34. The molecule has 40 heavy (non-hydrogen) atoms. The van der Waals surface area contributed by atoms with Crippen LogP contribution in [0.3, 0.4) is 0 Å². The van der Waals surface area contributed by atoms with Crippen LogP contribution >= 0.6 is 0 Å². The molecule has 2 fully saturated rings. The Morgan fingerprint density at radius 2 is 1.52 bits per heavy atom. The molecule has 4 aromatic rings. The second-order valence-corrected chi connectivity index (χ2v) is 11.8. The average Bonchev–Trinajstić information content (AvgIpc) is 3.64. The molecule has 1 saturated heterocycles. The van der Waals surface area contributed by atoms with Gasteiger partial charge in [-0.15, -0.1) is 0 Å². The summed E-state index contributed by atoms with van der Waals surface area (Å²) >= 11 is 0. The lowest BCUT2D eigenvalue weighted by atomic mass is 9.95. The van der Waals surface area contributed by atoms with Crippen molar-refractivity contribution in [3.63, 3.8) is 0 Å². The average molecular weight is 541 g/mol. The number of fused-ring (bicyclic) bond motifs is 1. The molecule has 208 valence electrons. The van der Waals surface area contributed by atoms with Gasteiger partial charge in [-0.1, -0.05) is 74.5 Å². The highest BCUT2D eigenvalue weighted by atomic mass is 19.1. The Bertz CT molecular complexity index is 1570. The zero-order chi connectivity index (χ0) is 27.8. The molecule has 3 aromatic carbocycles. The van der Waals surface area contributed by atoms with Crippen molar-refractivity contribution in [3.8, 4) is 0 Å². The highest BCUT2D eigenvalue weighted by Gasteiger charge is 2.30. The van der Waals surface area contributed by atoms with E-state index < -0.39 is 11.4 Å². The molecule has 1 aromatic heterocycles. The molecule has 6 nitrogen and oxygen atoms in total. The fraction of sp³-hybridized carbons (Fsp3) is 0.394. The van der Waals surface area contributed by atoms with Gasteiger partial charge in [-0.3, -0.25) is 14.4 Å². The highest BCUT2D eigenvalue weighted by molar-refractivity contribution is 5.82. The maximum absolute atomic E-state index is 15.7. The number of halogens is 1. The van der Waals surface area contributed by atoms with E-state index in [1.165, 1.54) is 10.7 Å². The third kappa shape index (κ3) is 5.29. The van der Waals surface area contributed by atoms with Gasteiger partial charge in [-0.25, -0.2) is 9.18 Å². The Morgan fingerprint density at radius 1 is 0.900 bits per heavy atom. The van der Waals surface area contributed by atoms with Crippen LogP contribution in [0.4, 0.5) is 10.1 Å². The molecule has 2 heterocycles. The van der Waals surface area contributed by atoms with Crippen LogP contribution in [0.1, 0.15) is 44.2 Å². The van der Waals surface area contributed by atoms with Gasteiger partial charge in [0.15, 0.2) is 0 Å². The van der Waals surface area contributed by atoms with Gasteiger partial charge in [0.2, 0.25) is 0 Å². The van der Waals surface area contributed by atoms with E-state index in [-0.39, 0.29) is 11.1 Å². The van der Waals surface area contributed by atoms with Crippen molar-refractivity contribution in [1.82, 2.24) is 9.24 Å². The zero-order valence-electron chi connectivity index (χ0n) is 23.3. The summed E-state index contributed by atoms with van der Waals surface area (Å²) in [5, 5.41) is 2.03. The summed E-state index contributed by atoms with van der Waals surface area (Å²) in [7, 11) is 0. The van der Waals surface area contributed by atoms with Crippen LogP contribution in [0.25, 0.3) is 10.9 Å². The van der Waals surface area contributed by atoms with Crippen LogP contribution in [0, 0.1) is 23.6 Å². The zero-order valence-corrected chi connectivity index (χ0v) is 23.3. The molecular weight excluding hydrogens is 503 g/mol. The summed E-state index contributed by atoms with van der Waals surface area (Å²) in [6.07, 6.45) is 3.13. The lowest BCUT2D eigenvalue weighted by Gasteiger charge is -2.28. The smallest absolute Gasteiger partial charge is 0.350 e. The summed E-state index contributed by atoms with van der Waals surface area (Å²) < 4.78 is 18.7. The van der Waals surface area contributed by atoms with Gasteiger partial charge in [0.25, 0.3) is 5.56 Å². The Hall–Kier alpha value is -3.87. The Labute approximate surface area is 234 Å². The molecule has 1 aliphatic heterocycles. The fourth-order valence-corrected chi connectivity index (χ4v) is 5.93. The molecule has 0 N–H and O–H groups in total. The lowest BCUT2D eigenvalue weighted by molar-refractivity contribution is 0.422. The van der Waals surface area contributed by atoms with Crippen molar-refractivity contribution in [2.75, 3.05) is 23.0 Å². The van der Waals surface area contributed by atoms with Crippen molar-refractivity contribution in [2.24, 2.45) is 17.8 Å². The molecule has 6 rings (SSSR count). The van der Waals surface area contributed by atoms with Crippen LogP contribution in [0.5, 0.6) is 0 Å². The van der Waals surface area contributed by atoms with Crippen molar-refractivity contribution < 1.29 is 4.39 Å². The second kappa shape index (κ2) is 11.0. The number of aromatic nitrogens is 2. The van der Waals surface area contributed by atoms with Gasteiger partial charge in [-0.2, -0.15) is 4.68 Å². The van der Waals surface area contributed by atoms with E-state index in [9.17, 15) is 9.59 Å². The lowest BCUT2D eigenvalue weighted by Crippen LogP contribution is -2.52. The number of hydrogen-bond donors (Lipinski definition) is 0. The standard InChI is InChI=1S/C33H37FN4O2/c1-23(2)27-15-16-35(22-27)31-18-30-28(17-29(31)34)32(39)38(33(40)37(30)21-26-13-14-26)36(19-24-9-5-3-6-10-24)20-25-11-7-4-8-12-25/h3-12,17-18,23,26-27H,13-16,19-22H2,1-2H3/t27-/m0/s1. The number of nitrogens with zero attached hydrogens (tertiary/aromatic N) is 4. The van der Waals surface area contributed by atoms with E-state index in [1.54, 1.807) is 15.6 Å². The molecule has 0 spiro atoms. The Morgan fingerprint density at radius 3 is 2.08 bits per heavy atom. The maximum atomic E-state index is 15.7. The second-order valence-electron chi connectivity index (χ2n) is 11.8.